The Bertz CT molecular complexity index is 563. The number of nitrogens with zero attached hydrogens (tertiary/aromatic N) is 3. The summed E-state index contributed by atoms with van der Waals surface area (Å²) >= 11 is 1.40. The van der Waals surface area contributed by atoms with E-state index in [1.165, 1.54) is 17.8 Å². The van der Waals surface area contributed by atoms with E-state index in [1.54, 1.807) is 16.9 Å². The fourth-order valence-corrected chi connectivity index (χ4v) is 2.07. The van der Waals surface area contributed by atoms with Crippen molar-refractivity contribution in [2.75, 3.05) is 17.2 Å². The zero-order chi connectivity index (χ0) is 12.3. The normalized spacial score (nSPS) is 10.6. The van der Waals surface area contributed by atoms with Crippen LogP contribution in [0.25, 0.3) is 0 Å². The van der Waals surface area contributed by atoms with Gasteiger partial charge in [-0.15, -0.1) is 0 Å². The molecule has 0 aliphatic carbocycles. The van der Waals surface area contributed by atoms with Crippen molar-refractivity contribution < 1.29 is 0 Å². The van der Waals surface area contributed by atoms with Crippen LogP contribution < -0.4 is 17.0 Å². The molecule has 0 amide bonds. The summed E-state index contributed by atoms with van der Waals surface area (Å²) < 4.78 is 1.73. The second kappa shape index (κ2) is 4.91. The number of hydrogen-bond donors (Lipinski definition) is 3. The van der Waals surface area contributed by atoms with Crippen molar-refractivity contribution in [3.05, 3.63) is 28.7 Å². The lowest BCUT2D eigenvalue weighted by Crippen LogP contribution is -2.10. The first-order valence-electron chi connectivity index (χ1n) is 4.92. The highest BCUT2D eigenvalue weighted by Crippen LogP contribution is 2.12. The molecule has 90 valence electrons. The molecule has 8 heteroatoms. The first-order valence-corrected chi connectivity index (χ1v) is 5.90. The second-order valence-corrected chi connectivity index (χ2v) is 4.41. The fourth-order valence-electron chi connectivity index (χ4n) is 1.26. The Balaban J connectivity index is 1.92. The molecule has 0 unspecified atom stereocenters. The van der Waals surface area contributed by atoms with Gasteiger partial charge in [-0.25, -0.2) is 4.98 Å². The van der Waals surface area contributed by atoms with Crippen molar-refractivity contribution in [1.29, 1.82) is 0 Å². The minimum absolute atomic E-state index is 0.222. The summed E-state index contributed by atoms with van der Waals surface area (Å²) in [5, 5.41) is 4.55. The largest absolute Gasteiger partial charge is 0.383 e. The Morgan fingerprint density at radius 2 is 2.24 bits per heavy atom. The number of aromatic amines is 1. The van der Waals surface area contributed by atoms with E-state index in [2.05, 4.69) is 15.1 Å². The molecule has 0 saturated carbocycles. The average molecular weight is 252 g/mol. The van der Waals surface area contributed by atoms with Crippen molar-refractivity contribution in [2.24, 2.45) is 0 Å². The van der Waals surface area contributed by atoms with E-state index in [-0.39, 0.29) is 11.4 Å². The molecule has 2 heterocycles. The molecule has 7 nitrogen and oxygen atoms in total. The molecule has 2 aromatic rings. The Hall–Kier alpha value is -1.96. The Morgan fingerprint density at radius 1 is 1.41 bits per heavy atom. The molecule has 0 aliphatic heterocycles. The number of H-pyrrole nitrogens is 1. The highest BCUT2D eigenvalue weighted by atomic mass is 32.2. The fraction of sp³-hybridized carbons (Fsp3) is 0.222. The lowest BCUT2D eigenvalue weighted by molar-refractivity contribution is 0.669. The molecule has 0 aliphatic rings. The van der Waals surface area contributed by atoms with Gasteiger partial charge in [0, 0.05) is 18.0 Å². The number of nitrogen functional groups attached to an aromatic ring is 2. The van der Waals surface area contributed by atoms with E-state index in [9.17, 15) is 4.79 Å². The molecule has 0 bridgehead atoms. The number of aryl methyl sites for hydroxylation is 1. The summed E-state index contributed by atoms with van der Waals surface area (Å²) in [6.45, 7) is 0.681. The van der Waals surface area contributed by atoms with Gasteiger partial charge in [-0.2, -0.15) is 5.10 Å². The standard InChI is InChI=1S/C9H12N6OS/c10-6-1-2-15(14-6)3-4-17-9-12-7(11)5-8(16)13-9/h1-2,5H,3-4H2,(H2,10,14)(H3,11,12,13,16). The molecule has 0 atom stereocenters. The van der Waals surface area contributed by atoms with Crippen molar-refractivity contribution in [3.8, 4) is 0 Å². The van der Waals surface area contributed by atoms with E-state index < -0.39 is 0 Å². The third kappa shape index (κ3) is 3.25. The number of nitrogens with one attached hydrogen (secondary N) is 1. The maximum atomic E-state index is 11.1. The van der Waals surface area contributed by atoms with Gasteiger partial charge in [0.1, 0.15) is 11.6 Å². The first-order chi connectivity index (χ1) is 8.13. The van der Waals surface area contributed by atoms with Gasteiger partial charge in [0.15, 0.2) is 5.16 Å². The molecule has 2 rings (SSSR count). The van der Waals surface area contributed by atoms with Gasteiger partial charge in [0.05, 0.1) is 6.54 Å². The molecule has 0 fully saturated rings. The Morgan fingerprint density at radius 3 is 2.88 bits per heavy atom. The number of anilines is 2. The predicted molar refractivity (Wildman–Crippen MR) is 66.6 cm³/mol. The lowest BCUT2D eigenvalue weighted by atomic mass is 10.6. The SMILES string of the molecule is Nc1cc(=O)[nH]c(SCCn2ccc(N)n2)n1. The maximum absolute atomic E-state index is 11.1. The molecular formula is C9H12N6OS. The molecule has 2 aromatic heterocycles. The van der Waals surface area contributed by atoms with Gasteiger partial charge in [-0.3, -0.25) is 9.48 Å². The van der Waals surface area contributed by atoms with Gasteiger partial charge < -0.3 is 16.5 Å². The van der Waals surface area contributed by atoms with Crippen molar-refractivity contribution >= 4 is 23.4 Å². The van der Waals surface area contributed by atoms with Gasteiger partial charge in [-0.05, 0) is 6.07 Å². The van der Waals surface area contributed by atoms with Crippen LogP contribution in [0.2, 0.25) is 0 Å². The van der Waals surface area contributed by atoms with Crippen molar-refractivity contribution in [3.63, 3.8) is 0 Å². The average Bonchev–Trinajstić information content (AvgIpc) is 2.63. The number of rotatable bonds is 4. The Labute approximate surface area is 101 Å². The summed E-state index contributed by atoms with van der Waals surface area (Å²) in [6.07, 6.45) is 1.80. The minimum atomic E-state index is -0.247. The van der Waals surface area contributed by atoms with Crippen LogP contribution in [0.1, 0.15) is 0 Å². The molecule has 0 saturated heterocycles. The minimum Gasteiger partial charge on any atom is -0.383 e. The summed E-state index contributed by atoms with van der Waals surface area (Å²) in [6, 6.07) is 2.98. The van der Waals surface area contributed by atoms with Crippen LogP contribution in [-0.2, 0) is 6.54 Å². The number of hydrogen-bond acceptors (Lipinski definition) is 6. The van der Waals surface area contributed by atoms with E-state index in [0.717, 1.165) is 0 Å². The van der Waals surface area contributed by atoms with Crippen LogP contribution in [0.3, 0.4) is 0 Å². The van der Waals surface area contributed by atoms with E-state index in [0.29, 0.717) is 23.3 Å². The molecule has 0 spiro atoms. The lowest BCUT2D eigenvalue weighted by Gasteiger charge is -2.02. The van der Waals surface area contributed by atoms with Gasteiger partial charge in [0.2, 0.25) is 0 Å². The molecule has 0 aromatic carbocycles. The monoisotopic (exact) mass is 252 g/mol. The number of thioether (sulfide) groups is 1. The van der Waals surface area contributed by atoms with Crippen LogP contribution in [0.15, 0.2) is 28.3 Å². The number of aromatic nitrogens is 4. The molecule has 5 N–H and O–H groups in total. The van der Waals surface area contributed by atoms with Gasteiger partial charge in [0.25, 0.3) is 5.56 Å². The third-order valence-electron chi connectivity index (χ3n) is 1.96. The summed E-state index contributed by atoms with van der Waals surface area (Å²) in [5.41, 5.74) is 10.7. The van der Waals surface area contributed by atoms with Crippen LogP contribution in [0.4, 0.5) is 11.6 Å². The first kappa shape index (κ1) is 11.5. The number of nitrogens with two attached hydrogens (primary N) is 2. The molecule has 17 heavy (non-hydrogen) atoms. The highest BCUT2D eigenvalue weighted by Gasteiger charge is 2.00. The van der Waals surface area contributed by atoms with Gasteiger partial charge in [-0.1, -0.05) is 11.8 Å². The molecule has 0 radical (unpaired) electrons. The summed E-state index contributed by atoms with van der Waals surface area (Å²) in [4.78, 5) is 17.7. The zero-order valence-corrected chi connectivity index (χ0v) is 9.78. The van der Waals surface area contributed by atoms with Crippen molar-refractivity contribution in [2.45, 2.75) is 11.7 Å². The van der Waals surface area contributed by atoms with Crippen LogP contribution in [0, 0.1) is 0 Å². The van der Waals surface area contributed by atoms with E-state index >= 15 is 0 Å². The van der Waals surface area contributed by atoms with Crippen LogP contribution in [-0.4, -0.2) is 25.5 Å². The van der Waals surface area contributed by atoms with Crippen LogP contribution >= 0.6 is 11.8 Å². The smallest absolute Gasteiger partial charge is 0.253 e. The topological polar surface area (TPSA) is 116 Å². The van der Waals surface area contributed by atoms with Gasteiger partial charge >= 0.3 is 0 Å². The molecular weight excluding hydrogens is 240 g/mol. The van der Waals surface area contributed by atoms with E-state index in [1.807, 2.05) is 0 Å². The van der Waals surface area contributed by atoms with E-state index in [4.69, 9.17) is 11.5 Å². The Kier molecular flexibility index (Phi) is 3.33. The second-order valence-electron chi connectivity index (χ2n) is 3.33. The summed E-state index contributed by atoms with van der Waals surface area (Å²) in [7, 11) is 0. The van der Waals surface area contributed by atoms with Crippen LogP contribution in [0.5, 0.6) is 0 Å². The summed E-state index contributed by atoms with van der Waals surface area (Å²) in [5.74, 6) is 1.43. The maximum Gasteiger partial charge on any atom is 0.253 e. The quantitative estimate of drug-likeness (QED) is 0.518. The predicted octanol–water partition coefficient (Wildman–Crippen LogP) is -0.0769. The zero-order valence-electron chi connectivity index (χ0n) is 8.96. The highest BCUT2D eigenvalue weighted by molar-refractivity contribution is 7.99. The third-order valence-corrected chi connectivity index (χ3v) is 2.81. The van der Waals surface area contributed by atoms with Crippen molar-refractivity contribution in [1.82, 2.24) is 19.7 Å².